The highest BCUT2D eigenvalue weighted by Gasteiger charge is 2.08. The lowest BCUT2D eigenvalue weighted by atomic mass is 10.2. The highest BCUT2D eigenvalue weighted by atomic mass is 16.1. The monoisotopic (exact) mass is 192 g/mol. The summed E-state index contributed by atoms with van der Waals surface area (Å²) in [6, 6.07) is 3.24. The lowest BCUT2D eigenvalue weighted by Crippen LogP contribution is -2.05. The number of pyridine rings is 1. The summed E-state index contributed by atoms with van der Waals surface area (Å²) >= 11 is 0. The van der Waals surface area contributed by atoms with E-state index in [1.165, 1.54) is 13.8 Å². The first kappa shape index (κ1) is 10.4. The molecule has 0 aromatic carbocycles. The fraction of sp³-hybridized carbons (Fsp3) is 0.300. The lowest BCUT2D eigenvalue weighted by molar-refractivity contribution is 0.101. The van der Waals surface area contributed by atoms with E-state index in [-0.39, 0.29) is 11.6 Å². The average Bonchev–Trinajstić information content (AvgIpc) is 2.16. The van der Waals surface area contributed by atoms with E-state index in [2.05, 4.69) is 10.3 Å². The Hall–Kier alpha value is -1.71. The van der Waals surface area contributed by atoms with Crippen LogP contribution in [-0.4, -0.2) is 23.6 Å². The van der Waals surface area contributed by atoms with Crippen LogP contribution in [0.25, 0.3) is 0 Å². The van der Waals surface area contributed by atoms with Crippen LogP contribution in [-0.2, 0) is 0 Å². The number of carbonyl (C=O) groups excluding carboxylic acids is 2. The average molecular weight is 192 g/mol. The Balaban J connectivity index is 3.27. The Bertz CT molecular complexity index is 353. The van der Waals surface area contributed by atoms with Crippen molar-refractivity contribution in [1.82, 2.24) is 4.98 Å². The summed E-state index contributed by atoms with van der Waals surface area (Å²) in [6.45, 7) is 2.84. The predicted octanol–water partition coefficient (Wildman–Crippen LogP) is 1.53. The van der Waals surface area contributed by atoms with Crippen molar-refractivity contribution in [3.05, 3.63) is 23.5 Å². The second kappa shape index (κ2) is 4.00. The molecule has 0 aliphatic rings. The molecule has 0 saturated heterocycles. The van der Waals surface area contributed by atoms with Crippen molar-refractivity contribution in [2.45, 2.75) is 13.8 Å². The third-order valence-corrected chi connectivity index (χ3v) is 1.84. The van der Waals surface area contributed by atoms with Crippen molar-refractivity contribution in [2.75, 3.05) is 12.4 Å². The van der Waals surface area contributed by atoms with Gasteiger partial charge in [-0.25, -0.2) is 4.98 Å². The first-order valence-electron chi connectivity index (χ1n) is 4.26. The number of nitrogens with zero attached hydrogens (tertiary/aromatic N) is 1. The molecule has 74 valence electrons. The van der Waals surface area contributed by atoms with Gasteiger partial charge in [-0.2, -0.15) is 0 Å². The summed E-state index contributed by atoms with van der Waals surface area (Å²) < 4.78 is 0. The quantitative estimate of drug-likeness (QED) is 0.738. The van der Waals surface area contributed by atoms with Crippen LogP contribution in [0.1, 0.15) is 34.8 Å². The number of Topliss-reactive ketones (excluding diaryl/α,β-unsaturated/α-hetero) is 2. The molecule has 0 bridgehead atoms. The fourth-order valence-corrected chi connectivity index (χ4v) is 1.04. The molecule has 1 heterocycles. The van der Waals surface area contributed by atoms with Crippen LogP contribution >= 0.6 is 0 Å². The molecule has 1 aromatic heterocycles. The molecular weight excluding hydrogens is 180 g/mol. The number of hydrogen-bond acceptors (Lipinski definition) is 4. The standard InChI is InChI=1S/C10H12N2O2/c1-6(13)9-4-8(11-3)5-10(12-9)7(2)14/h4-5H,1-3H3,(H,11,12). The van der Waals surface area contributed by atoms with E-state index in [9.17, 15) is 9.59 Å². The van der Waals surface area contributed by atoms with E-state index < -0.39 is 0 Å². The SMILES string of the molecule is CNc1cc(C(C)=O)nc(C(C)=O)c1. The van der Waals surface area contributed by atoms with Crippen LogP contribution in [0, 0.1) is 0 Å². The molecule has 4 nitrogen and oxygen atoms in total. The van der Waals surface area contributed by atoms with Crippen molar-refractivity contribution in [3.8, 4) is 0 Å². The van der Waals surface area contributed by atoms with Gasteiger partial charge in [-0.3, -0.25) is 9.59 Å². The second-order valence-electron chi connectivity index (χ2n) is 2.99. The molecule has 0 atom stereocenters. The Morgan fingerprint density at radius 3 is 1.86 bits per heavy atom. The van der Waals surface area contributed by atoms with Crippen molar-refractivity contribution in [2.24, 2.45) is 0 Å². The Morgan fingerprint density at radius 2 is 1.57 bits per heavy atom. The molecule has 0 unspecified atom stereocenters. The van der Waals surface area contributed by atoms with Gasteiger partial charge < -0.3 is 5.32 Å². The van der Waals surface area contributed by atoms with E-state index in [4.69, 9.17) is 0 Å². The summed E-state index contributed by atoms with van der Waals surface area (Å²) in [4.78, 5) is 26.1. The van der Waals surface area contributed by atoms with Gasteiger partial charge in [-0.1, -0.05) is 0 Å². The number of rotatable bonds is 3. The first-order chi connectivity index (χ1) is 6.54. The molecule has 14 heavy (non-hydrogen) atoms. The van der Waals surface area contributed by atoms with Gasteiger partial charge in [0.05, 0.1) is 0 Å². The molecule has 1 rings (SSSR count). The van der Waals surface area contributed by atoms with Crippen LogP contribution in [0.5, 0.6) is 0 Å². The van der Waals surface area contributed by atoms with E-state index in [1.54, 1.807) is 19.2 Å². The molecule has 4 heteroatoms. The third kappa shape index (κ3) is 2.16. The minimum absolute atomic E-state index is 0.149. The number of nitrogens with one attached hydrogen (secondary N) is 1. The van der Waals surface area contributed by atoms with Gasteiger partial charge in [0, 0.05) is 26.6 Å². The van der Waals surface area contributed by atoms with E-state index in [0.29, 0.717) is 11.4 Å². The van der Waals surface area contributed by atoms with Crippen LogP contribution in [0.4, 0.5) is 5.69 Å². The molecule has 0 aliphatic heterocycles. The Morgan fingerprint density at radius 1 is 1.14 bits per heavy atom. The summed E-state index contributed by atoms with van der Waals surface area (Å²) in [7, 11) is 1.73. The van der Waals surface area contributed by atoms with Gasteiger partial charge in [0.2, 0.25) is 0 Å². The molecule has 0 spiro atoms. The van der Waals surface area contributed by atoms with Gasteiger partial charge in [-0.15, -0.1) is 0 Å². The van der Waals surface area contributed by atoms with Crippen LogP contribution in [0.15, 0.2) is 12.1 Å². The zero-order chi connectivity index (χ0) is 10.7. The maximum Gasteiger partial charge on any atom is 0.178 e. The largest absolute Gasteiger partial charge is 0.388 e. The number of aromatic nitrogens is 1. The van der Waals surface area contributed by atoms with Crippen LogP contribution in [0.2, 0.25) is 0 Å². The van der Waals surface area contributed by atoms with E-state index >= 15 is 0 Å². The summed E-state index contributed by atoms with van der Waals surface area (Å²) in [5.74, 6) is -0.297. The highest BCUT2D eigenvalue weighted by Crippen LogP contribution is 2.11. The van der Waals surface area contributed by atoms with Crippen molar-refractivity contribution in [1.29, 1.82) is 0 Å². The summed E-state index contributed by atoms with van der Waals surface area (Å²) in [6.07, 6.45) is 0. The van der Waals surface area contributed by atoms with Crippen LogP contribution in [0.3, 0.4) is 0 Å². The normalized spacial score (nSPS) is 9.64. The fourth-order valence-electron chi connectivity index (χ4n) is 1.04. The van der Waals surface area contributed by atoms with Crippen LogP contribution < -0.4 is 5.32 Å². The molecular formula is C10H12N2O2. The van der Waals surface area contributed by atoms with Gasteiger partial charge in [-0.05, 0) is 12.1 Å². The topological polar surface area (TPSA) is 59.1 Å². The molecule has 0 fully saturated rings. The maximum absolute atomic E-state index is 11.1. The van der Waals surface area contributed by atoms with Gasteiger partial charge >= 0.3 is 0 Å². The zero-order valence-electron chi connectivity index (χ0n) is 8.42. The van der Waals surface area contributed by atoms with Crippen molar-refractivity contribution in [3.63, 3.8) is 0 Å². The first-order valence-corrected chi connectivity index (χ1v) is 4.26. The molecule has 1 aromatic rings. The zero-order valence-corrected chi connectivity index (χ0v) is 8.42. The molecule has 0 aliphatic carbocycles. The maximum atomic E-state index is 11.1. The molecule has 0 radical (unpaired) electrons. The molecule has 1 N–H and O–H groups in total. The second-order valence-corrected chi connectivity index (χ2v) is 2.99. The van der Waals surface area contributed by atoms with Gasteiger partial charge in [0.25, 0.3) is 0 Å². The number of carbonyl (C=O) groups is 2. The van der Waals surface area contributed by atoms with Crippen molar-refractivity contribution >= 4 is 17.3 Å². The Labute approximate surface area is 82.3 Å². The smallest absolute Gasteiger partial charge is 0.178 e. The van der Waals surface area contributed by atoms with E-state index in [0.717, 1.165) is 5.69 Å². The highest BCUT2D eigenvalue weighted by molar-refractivity contribution is 5.97. The molecule has 0 amide bonds. The number of ketones is 2. The minimum atomic E-state index is -0.149. The van der Waals surface area contributed by atoms with Gasteiger partial charge in [0.15, 0.2) is 11.6 Å². The third-order valence-electron chi connectivity index (χ3n) is 1.84. The summed E-state index contributed by atoms with van der Waals surface area (Å²) in [5.41, 5.74) is 1.33. The summed E-state index contributed by atoms with van der Waals surface area (Å²) in [5, 5.41) is 2.87. The molecule has 0 saturated carbocycles. The minimum Gasteiger partial charge on any atom is -0.388 e. The lowest BCUT2D eigenvalue weighted by Gasteiger charge is -2.04. The number of anilines is 1. The van der Waals surface area contributed by atoms with Crippen molar-refractivity contribution < 1.29 is 9.59 Å². The Kier molecular flexibility index (Phi) is 2.96. The number of hydrogen-bond donors (Lipinski definition) is 1. The van der Waals surface area contributed by atoms with Gasteiger partial charge in [0.1, 0.15) is 11.4 Å². The van der Waals surface area contributed by atoms with E-state index in [1.807, 2.05) is 0 Å². The predicted molar refractivity (Wildman–Crippen MR) is 53.8 cm³/mol.